The maximum atomic E-state index is 12.2. The first-order valence-corrected chi connectivity index (χ1v) is 7.58. The number of nitrogens with one attached hydrogen (secondary N) is 1. The van der Waals surface area contributed by atoms with E-state index in [0.29, 0.717) is 10.6 Å². The van der Waals surface area contributed by atoms with Crippen LogP contribution in [0.2, 0.25) is 5.02 Å². The van der Waals surface area contributed by atoms with Gasteiger partial charge in [0.1, 0.15) is 0 Å². The molecule has 0 spiro atoms. The van der Waals surface area contributed by atoms with Gasteiger partial charge >= 0.3 is 5.97 Å². The zero-order valence-electron chi connectivity index (χ0n) is 11.7. The lowest BCUT2D eigenvalue weighted by Crippen LogP contribution is -2.39. The van der Waals surface area contributed by atoms with E-state index in [4.69, 9.17) is 16.7 Å². The maximum absolute atomic E-state index is 12.2. The van der Waals surface area contributed by atoms with E-state index in [1.807, 2.05) is 6.92 Å². The molecule has 0 saturated heterocycles. The number of aliphatic carboxylic acids is 1. The van der Waals surface area contributed by atoms with Gasteiger partial charge in [-0.25, -0.2) is 0 Å². The van der Waals surface area contributed by atoms with Crippen LogP contribution in [0.25, 0.3) is 0 Å². The minimum atomic E-state index is -1.01. The lowest BCUT2D eigenvalue weighted by molar-refractivity contribution is -0.146. The summed E-state index contributed by atoms with van der Waals surface area (Å²) in [5, 5.41) is 12.2. The Morgan fingerprint density at radius 2 is 2.05 bits per heavy atom. The van der Waals surface area contributed by atoms with Gasteiger partial charge in [-0.3, -0.25) is 9.59 Å². The number of carboxylic acids is 1. The fourth-order valence-corrected chi connectivity index (χ4v) is 2.39. The molecular weight excluding hydrogens is 298 g/mol. The summed E-state index contributed by atoms with van der Waals surface area (Å²) in [4.78, 5) is 24.0. The number of hydrogen-bond donors (Lipinski definition) is 2. The second kappa shape index (κ2) is 6.99. The van der Waals surface area contributed by atoms with Crippen LogP contribution >= 0.6 is 23.4 Å². The molecule has 0 aromatic heterocycles. The van der Waals surface area contributed by atoms with Crippen molar-refractivity contribution in [3.8, 4) is 0 Å². The van der Waals surface area contributed by atoms with Crippen LogP contribution in [-0.2, 0) is 4.79 Å². The Morgan fingerprint density at radius 3 is 2.60 bits per heavy atom. The Balaban J connectivity index is 2.87. The highest BCUT2D eigenvalue weighted by Crippen LogP contribution is 2.26. The number of amides is 1. The van der Waals surface area contributed by atoms with Crippen LogP contribution in [0.4, 0.5) is 0 Å². The summed E-state index contributed by atoms with van der Waals surface area (Å²) in [6, 6.07) is 5.13. The van der Waals surface area contributed by atoms with E-state index in [0.717, 1.165) is 10.6 Å². The Hall–Kier alpha value is -1.20. The third-order valence-corrected chi connectivity index (χ3v) is 3.95. The maximum Gasteiger partial charge on any atom is 0.310 e. The van der Waals surface area contributed by atoms with Gasteiger partial charge in [0, 0.05) is 16.5 Å². The van der Waals surface area contributed by atoms with Crippen molar-refractivity contribution in [2.24, 2.45) is 5.41 Å². The summed E-state index contributed by atoms with van der Waals surface area (Å²) in [7, 11) is 0. The molecule has 1 aromatic carbocycles. The van der Waals surface area contributed by atoms with Gasteiger partial charge in [0.2, 0.25) is 0 Å². The first kappa shape index (κ1) is 16.9. The lowest BCUT2D eigenvalue weighted by atomic mass is 9.94. The van der Waals surface area contributed by atoms with Crippen molar-refractivity contribution in [2.45, 2.75) is 25.7 Å². The van der Waals surface area contributed by atoms with Crippen LogP contribution in [0.1, 0.15) is 31.1 Å². The molecule has 0 aliphatic carbocycles. The molecule has 0 aliphatic heterocycles. The number of rotatable bonds is 6. The third-order valence-electron chi connectivity index (χ3n) is 2.76. The fraction of sp³-hybridized carbons (Fsp3) is 0.429. The van der Waals surface area contributed by atoms with Gasteiger partial charge in [0.05, 0.1) is 11.0 Å². The standard InChI is InChI=1S/C14H18ClNO3S/c1-4-20-11-6-5-9(15)7-10(11)12(17)16-8-14(2,3)13(18)19/h5-7H,4,8H2,1-3H3,(H,16,17)(H,18,19). The van der Waals surface area contributed by atoms with Crippen LogP contribution in [0.3, 0.4) is 0 Å². The predicted octanol–water partition coefficient (Wildman–Crippen LogP) is 3.29. The third kappa shape index (κ3) is 4.42. The molecule has 0 heterocycles. The Kier molecular flexibility index (Phi) is 5.89. The SMILES string of the molecule is CCSc1ccc(Cl)cc1C(=O)NCC(C)(C)C(=O)O. The summed E-state index contributed by atoms with van der Waals surface area (Å²) >= 11 is 7.46. The molecule has 0 radical (unpaired) electrons. The first-order chi connectivity index (χ1) is 9.27. The van der Waals surface area contributed by atoms with Crippen LogP contribution in [-0.4, -0.2) is 29.3 Å². The van der Waals surface area contributed by atoms with Crippen molar-refractivity contribution < 1.29 is 14.7 Å². The van der Waals surface area contributed by atoms with Crippen LogP contribution in [0.15, 0.2) is 23.1 Å². The number of benzene rings is 1. The van der Waals surface area contributed by atoms with Gasteiger partial charge in [0.25, 0.3) is 5.91 Å². The molecule has 1 rings (SSSR count). The van der Waals surface area contributed by atoms with E-state index in [1.165, 1.54) is 0 Å². The zero-order chi connectivity index (χ0) is 15.3. The number of hydrogen-bond acceptors (Lipinski definition) is 3. The normalized spacial score (nSPS) is 11.2. The largest absolute Gasteiger partial charge is 0.481 e. The van der Waals surface area contributed by atoms with Crippen molar-refractivity contribution in [3.63, 3.8) is 0 Å². The lowest BCUT2D eigenvalue weighted by Gasteiger charge is -2.20. The quantitative estimate of drug-likeness (QED) is 0.791. The zero-order valence-corrected chi connectivity index (χ0v) is 13.3. The van der Waals surface area contributed by atoms with Crippen molar-refractivity contribution in [3.05, 3.63) is 28.8 Å². The molecule has 20 heavy (non-hydrogen) atoms. The van der Waals surface area contributed by atoms with Crippen molar-refractivity contribution in [1.29, 1.82) is 0 Å². The molecule has 4 nitrogen and oxygen atoms in total. The summed E-state index contributed by atoms with van der Waals surface area (Å²) < 4.78 is 0. The number of halogens is 1. The summed E-state index contributed by atoms with van der Waals surface area (Å²) in [5.74, 6) is -0.424. The molecule has 110 valence electrons. The average Bonchev–Trinajstić information content (AvgIpc) is 2.38. The smallest absolute Gasteiger partial charge is 0.310 e. The molecule has 6 heteroatoms. The van der Waals surface area contributed by atoms with Gasteiger partial charge in [-0.05, 0) is 37.8 Å². The van der Waals surface area contributed by atoms with Crippen LogP contribution in [0.5, 0.6) is 0 Å². The Bertz CT molecular complexity index is 517. The molecule has 0 aliphatic rings. The van der Waals surface area contributed by atoms with E-state index in [-0.39, 0.29) is 12.5 Å². The van der Waals surface area contributed by atoms with Gasteiger partial charge in [-0.1, -0.05) is 18.5 Å². The highest BCUT2D eigenvalue weighted by Gasteiger charge is 2.28. The first-order valence-electron chi connectivity index (χ1n) is 6.22. The molecular formula is C14H18ClNO3S. The fourth-order valence-electron chi connectivity index (χ4n) is 1.43. The number of carboxylic acid groups (broad SMARTS) is 1. The Morgan fingerprint density at radius 1 is 1.40 bits per heavy atom. The van der Waals surface area contributed by atoms with Crippen molar-refractivity contribution in [2.75, 3.05) is 12.3 Å². The summed E-state index contributed by atoms with van der Waals surface area (Å²) in [6.07, 6.45) is 0. The second-order valence-corrected chi connectivity index (χ2v) is 6.69. The van der Waals surface area contributed by atoms with Gasteiger partial charge in [-0.15, -0.1) is 11.8 Å². The van der Waals surface area contributed by atoms with E-state index < -0.39 is 11.4 Å². The molecule has 0 fully saturated rings. The Labute approximate surface area is 127 Å². The summed E-state index contributed by atoms with van der Waals surface area (Å²) in [5.41, 5.74) is -0.530. The molecule has 1 amide bonds. The topological polar surface area (TPSA) is 66.4 Å². The van der Waals surface area contributed by atoms with Crippen LogP contribution < -0.4 is 5.32 Å². The predicted molar refractivity (Wildman–Crippen MR) is 81.6 cm³/mol. The molecule has 2 N–H and O–H groups in total. The monoisotopic (exact) mass is 315 g/mol. The van der Waals surface area contributed by atoms with E-state index in [1.54, 1.807) is 43.8 Å². The van der Waals surface area contributed by atoms with Gasteiger partial charge < -0.3 is 10.4 Å². The van der Waals surface area contributed by atoms with E-state index >= 15 is 0 Å². The van der Waals surface area contributed by atoms with Crippen molar-refractivity contribution in [1.82, 2.24) is 5.32 Å². The molecule has 0 unspecified atom stereocenters. The minimum absolute atomic E-state index is 0.0594. The minimum Gasteiger partial charge on any atom is -0.481 e. The highest BCUT2D eigenvalue weighted by molar-refractivity contribution is 7.99. The number of carbonyl (C=O) groups excluding carboxylic acids is 1. The number of thioether (sulfide) groups is 1. The molecule has 0 bridgehead atoms. The average molecular weight is 316 g/mol. The highest BCUT2D eigenvalue weighted by atomic mass is 35.5. The van der Waals surface area contributed by atoms with Crippen LogP contribution in [0, 0.1) is 5.41 Å². The molecule has 1 aromatic rings. The van der Waals surface area contributed by atoms with Crippen molar-refractivity contribution >= 4 is 35.2 Å². The second-order valence-electron chi connectivity index (χ2n) is 4.95. The van der Waals surface area contributed by atoms with Gasteiger partial charge in [-0.2, -0.15) is 0 Å². The number of carbonyl (C=O) groups is 2. The summed E-state index contributed by atoms with van der Waals surface area (Å²) in [6.45, 7) is 5.18. The molecule has 0 atom stereocenters. The molecule has 0 saturated carbocycles. The van der Waals surface area contributed by atoms with Gasteiger partial charge in [0.15, 0.2) is 0 Å². The van der Waals surface area contributed by atoms with E-state index in [2.05, 4.69) is 5.32 Å². The van der Waals surface area contributed by atoms with E-state index in [9.17, 15) is 9.59 Å².